The zero-order valence-corrected chi connectivity index (χ0v) is 19.3. The number of carbonyl (C=O) groups is 1. The van der Waals surface area contributed by atoms with Crippen LogP contribution in [0.1, 0.15) is 105 Å². The number of hydrogen-bond donors (Lipinski definition) is 1. The molecule has 2 nitrogen and oxygen atoms in total. The normalized spacial score (nSPS) is 19.0. The number of carboxylic acid groups (broad SMARTS) is 1. The van der Waals surface area contributed by atoms with E-state index in [0.29, 0.717) is 11.5 Å². The topological polar surface area (TPSA) is 37.3 Å². The number of rotatable bonds is 10. The van der Waals surface area contributed by atoms with Gasteiger partial charge in [0.15, 0.2) is 0 Å². The summed E-state index contributed by atoms with van der Waals surface area (Å²) in [4.78, 5) is 11.8. The van der Waals surface area contributed by atoms with Gasteiger partial charge in [0.25, 0.3) is 0 Å². The molecule has 166 valence electrons. The van der Waals surface area contributed by atoms with Gasteiger partial charge in [-0.1, -0.05) is 82.0 Å². The van der Waals surface area contributed by atoms with Gasteiger partial charge in [0.05, 0.1) is 5.56 Å². The van der Waals surface area contributed by atoms with Crippen LogP contribution in [0, 0.1) is 5.92 Å². The number of benzene rings is 2. The molecule has 1 aliphatic carbocycles. The molecule has 0 spiro atoms. The highest BCUT2D eigenvalue weighted by molar-refractivity contribution is 5.96. The molecule has 2 aromatic rings. The van der Waals surface area contributed by atoms with E-state index in [-0.39, 0.29) is 0 Å². The average molecular weight is 419 g/mol. The molecule has 2 heteroatoms. The van der Waals surface area contributed by atoms with E-state index in [1.54, 1.807) is 6.07 Å². The highest BCUT2D eigenvalue weighted by atomic mass is 16.4. The first-order valence-electron chi connectivity index (χ1n) is 12.3. The summed E-state index contributed by atoms with van der Waals surface area (Å²) in [7, 11) is 0. The van der Waals surface area contributed by atoms with Gasteiger partial charge in [-0.25, -0.2) is 4.79 Å². The summed E-state index contributed by atoms with van der Waals surface area (Å²) in [5.41, 5.74) is 4.64. The molecule has 0 radical (unpaired) electrons. The standard InChI is InChI=1S/C29H38O2/c1-3-5-6-7-8-10-23-13-20-27(29(30)31)28(21-23)26-18-16-25(17-19-26)24-14-11-22(9-4-2)12-15-24/h8,10,13,16-22,24H,3-7,9,11-12,14-15H2,1-2H3,(H,30,31)/b10-8+. The molecule has 0 atom stereocenters. The van der Waals surface area contributed by atoms with Crippen molar-refractivity contribution in [3.05, 3.63) is 65.2 Å². The summed E-state index contributed by atoms with van der Waals surface area (Å²) in [6.07, 6.45) is 17.0. The summed E-state index contributed by atoms with van der Waals surface area (Å²) in [6.45, 7) is 4.50. The lowest BCUT2D eigenvalue weighted by Gasteiger charge is -2.28. The van der Waals surface area contributed by atoms with Gasteiger partial charge in [-0.3, -0.25) is 0 Å². The SMILES string of the molecule is CCCCC/C=C/c1ccc(C(=O)O)c(-c2ccc(C3CCC(CCC)CC3)cc2)c1. The molecular weight excluding hydrogens is 380 g/mol. The van der Waals surface area contributed by atoms with E-state index < -0.39 is 5.97 Å². The molecule has 1 saturated carbocycles. The van der Waals surface area contributed by atoms with E-state index in [1.807, 2.05) is 12.1 Å². The molecule has 0 heterocycles. The van der Waals surface area contributed by atoms with Gasteiger partial charge in [0.2, 0.25) is 0 Å². The largest absolute Gasteiger partial charge is 0.478 e. The number of aromatic carboxylic acids is 1. The second kappa shape index (κ2) is 11.9. The van der Waals surface area contributed by atoms with Crippen molar-refractivity contribution >= 4 is 12.0 Å². The Hall–Kier alpha value is -2.35. The van der Waals surface area contributed by atoms with E-state index in [2.05, 4.69) is 50.3 Å². The van der Waals surface area contributed by atoms with Crippen molar-refractivity contribution in [2.75, 3.05) is 0 Å². The number of unbranched alkanes of at least 4 members (excludes halogenated alkanes) is 3. The van der Waals surface area contributed by atoms with Crippen molar-refractivity contribution in [2.24, 2.45) is 5.92 Å². The fraction of sp³-hybridized carbons (Fsp3) is 0.483. The van der Waals surface area contributed by atoms with E-state index >= 15 is 0 Å². The molecule has 0 unspecified atom stereocenters. The first-order valence-corrected chi connectivity index (χ1v) is 12.3. The summed E-state index contributed by atoms with van der Waals surface area (Å²) in [5.74, 6) is 0.696. The van der Waals surface area contributed by atoms with Crippen molar-refractivity contribution in [2.45, 2.75) is 84.0 Å². The first-order chi connectivity index (χ1) is 15.1. The molecule has 0 aromatic heterocycles. The van der Waals surface area contributed by atoms with Gasteiger partial charge < -0.3 is 5.11 Å². The monoisotopic (exact) mass is 418 g/mol. The Morgan fingerprint density at radius 1 is 0.968 bits per heavy atom. The predicted octanol–water partition coefficient (Wildman–Crippen LogP) is 8.72. The van der Waals surface area contributed by atoms with E-state index in [9.17, 15) is 9.90 Å². The summed E-state index contributed by atoms with van der Waals surface area (Å²) >= 11 is 0. The Morgan fingerprint density at radius 3 is 2.35 bits per heavy atom. The number of carboxylic acids is 1. The van der Waals surface area contributed by atoms with Gasteiger partial charge in [0.1, 0.15) is 0 Å². The third-order valence-corrected chi connectivity index (χ3v) is 6.80. The minimum atomic E-state index is -0.869. The Labute approximate surface area is 188 Å². The predicted molar refractivity (Wildman–Crippen MR) is 132 cm³/mol. The molecule has 3 rings (SSSR count). The van der Waals surface area contributed by atoms with E-state index in [4.69, 9.17) is 0 Å². The molecule has 1 fully saturated rings. The lowest BCUT2D eigenvalue weighted by Crippen LogP contribution is -2.13. The molecule has 0 aliphatic heterocycles. The average Bonchev–Trinajstić information content (AvgIpc) is 2.79. The zero-order valence-electron chi connectivity index (χ0n) is 19.3. The van der Waals surface area contributed by atoms with Crippen molar-refractivity contribution in [3.8, 4) is 11.1 Å². The molecule has 1 aliphatic rings. The second-order valence-electron chi connectivity index (χ2n) is 9.14. The van der Waals surface area contributed by atoms with Crippen LogP contribution in [0.2, 0.25) is 0 Å². The summed E-state index contributed by atoms with van der Waals surface area (Å²) < 4.78 is 0. The van der Waals surface area contributed by atoms with Crippen LogP contribution < -0.4 is 0 Å². The van der Waals surface area contributed by atoms with Gasteiger partial charge >= 0.3 is 5.97 Å². The summed E-state index contributed by atoms with van der Waals surface area (Å²) in [6, 6.07) is 14.3. The molecule has 0 saturated heterocycles. The van der Waals surface area contributed by atoms with Crippen LogP contribution in [-0.4, -0.2) is 11.1 Å². The fourth-order valence-electron chi connectivity index (χ4n) is 4.95. The second-order valence-corrected chi connectivity index (χ2v) is 9.14. The Kier molecular flexibility index (Phi) is 8.94. The third-order valence-electron chi connectivity index (χ3n) is 6.80. The van der Waals surface area contributed by atoms with Crippen LogP contribution in [-0.2, 0) is 0 Å². The smallest absolute Gasteiger partial charge is 0.336 e. The zero-order chi connectivity index (χ0) is 22.1. The molecule has 0 bridgehead atoms. The van der Waals surface area contributed by atoms with Gasteiger partial charge in [0, 0.05) is 0 Å². The molecule has 31 heavy (non-hydrogen) atoms. The molecule has 2 aromatic carbocycles. The molecule has 0 amide bonds. The Balaban J connectivity index is 1.74. The maximum absolute atomic E-state index is 11.8. The third kappa shape index (κ3) is 6.56. The highest BCUT2D eigenvalue weighted by Gasteiger charge is 2.22. The van der Waals surface area contributed by atoms with E-state index in [0.717, 1.165) is 29.0 Å². The molecule has 1 N–H and O–H groups in total. The molecular formula is C29H38O2. The van der Waals surface area contributed by atoms with Crippen molar-refractivity contribution < 1.29 is 9.90 Å². The van der Waals surface area contributed by atoms with Gasteiger partial charge in [-0.2, -0.15) is 0 Å². The maximum atomic E-state index is 11.8. The number of allylic oxidation sites excluding steroid dienone is 1. The van der Waals surface area contributed by atoms with Crippen molar-refractivity contribution in [1.29, 1.82) is 0 Å². The first kappa shape index (κ1) is 23.3. The van der Waals surface area contributed by atoms with Crippen LogP contribution in [0.3, 0.4) is 0 Å². The minimum Gasteiger partial charge on any atom is -0.478 e. The van der Waals surface area contributed by atoms with Crippen molar-refractivity contribution in [3.63, 3.8) is 0 Å². The summed E-state index contributed by atoms with van der Waals surface area (Å²) in [5, 5.41) is 9.70. The van der Waals surface area contributed by atoms with Crippen molar-refractivity contribution in [1.82, 2.24) is 0 Å². The minimum absolute atomic E-state index is 0.371. The maximum Gasteiger partial charge on any atom is 0.336 e. The van der Waals surface area contributed by atoms with Gasteiger partial charge in [-0.05, 0) is 84.7 Å². The van der Waals surface area contributed by atoms with Crippen LogP contribution >= 0.6 is 0 Å². The lowest BCUT2D eigenvalue weighted by atomic mass is 9.77. The lowest BCUT2D eigenvalue weighted by molar-refractivity contribution is 0.0697. The Bertz CT molecular complexity index is 855. The number of hydrogen-bond acceptors (Lipinski definition) is 1. The van der Waals surface area contributed by atoms with Crippen LogP contribution in [0.25, 0.3) is 17.2 Å². The van der Waals surface area contributed by atoms with Crippen LogP contribution in [0.4, 0.5) is 0 Å². The Morgan fingerprint density at radius 2 is 1.71 bits per heavy atom. The van der Waals surface area contributed by atoms with Gasteiger partial charge in [-0.15, -0.1) is 0 Å². The van der Waals surface area contributed by atoms with Crippen LogP contribution in [0.5, 0.6) is 0 Å². The fourth-order valence-corrected chi connectivity index (χ4v) is 4.95. The van der Waals surface area contributed by atoms with E-state index in [1.165, 1.54) is 63.4 Å². The highest BCUT2D eigenvalue weighted by Crippen LogP contribution is 2.38. The van der Waals surface area contributed by atoms with Crippen LogP contribution in [0.15, 0.2) is 48.5 Å². The quantitative estimate of drug-likeness (QED) is 0.392.